The zero-order chi connectivity index (χ0) is 28.4. The SMILES string of the molecule is N#CCCN1CCC(c2ccc(NC(=O)c3ncc(C#N)[nH]3)c(C3=CCCCC3)c2)CC1.O=C(O)C(F)(F)F. The third-order valence-corrected chi connectivity index (χ3v) is 6.68. The number of alkyl halides is 3. The van der Waals surface area contributed by atoms with Crippen LogP contribution in [0.4, 0.5) is 18.9 Å². The largest absolute Gasteiger partial charge is 0.490 e. The summed E-state index contributed by atoms with van der Waals surface area (Å²) in [6.07, 6.45) is 5.77. The number of likely N-dealkylation sites (tertiary alicyclic amines) is 1. The van der Waals surface area contributed by atoms with E-state index in [9.17, 15) is 18.0 Å². The predicted molar refractivity (Wildman–Crippen MR) is 136 cm³/mol. The number of amides is 1. The van der Waals surface area contributed by atoms with E-state index in [1.165, 1.54) is 23.8 Å². The molecule has 1 aliphatic heterocycles. The number of aliphatic carboxylic acids is 1. The van der Waals surface area contributed by atoms with Crippen molar-refractivity contribution in [1.82, 2.24) is 14.9 Å². The highest BCUT2D eigenvalue weighted by molar-refractivity contribution is 6.03. The van der Waals surface area contributed by atoms with E-state index in [2.05, 4.69) is 44.5 Å². The van der Waals surface area contributed by atoms with Crippen molar-refractivity contribution in [3.8, 4) is 12.1 Å². The number of piperidine rings is 1. The number of H-pyrrole nitrogens is 1. The number of allylic oxidation sites excluding steroid dienone is 2. The lowest BCUT2D eigenvalue weighted by molar-refractivity contribution is -0.192. The minimum absolute atomic E-state index is 0.138. The molecule has 2 aliphatic rings. The van der Waals surface area contributed by atoms with Gasteiger partial charge in [-0.1, -0.05) is 12.1 Å². The van der Waals surface area contributed by atoms with Gasteiger partial charge >= 0.3 is 12.1 Å². The molecule has 0 unspecified atom stereocenters. The molecule has 9 nitrogen and oxygen atoms in total. The summed E-state index contributed by atoms with van der Waals surface area (Å²) in [7, 11) is 0. The van der Waals surface area contributed by atoms with Crippen molar-refractivity contribution >= 4 is 23.1 Å². The molecule has 1 aromatic heterocycles. The van der Waals surface area contributed by atoms with Gasteiger partial charge in [-0.15, -0.1) is 0 Å². The maximum absolute atomic E-state index is 12.7. The molecule has 3 N–H and O–H groups in total. The van der Waals surface area contributed by atoms with Gasteiger partial charge in [-0.3, -0.25) is 4.79 Å². The Morgan fingerprint density at radius 2 is 1.92 bits per heavy atom. The number of nitrogens with one attached hydrogen (secondary N) is 2. The molecule has 2 aromatic rings. The molecule has 0 saturated carbocycles. The molecule has 39 heavy (non-hydrogen) atoms. The number of carboxylic acids is 1. The van der Waals surface area contributed by atoms with E-state index in [4.69, 9.17) is 20.4 Å². The summed E-state index contributed by atoms with van der Waals surface area (Å²) in [5.74, 6) is -2.47. The molecule has 0 bridgehead atoms. The second-order valence-electron chi connectivity index (χ2n) is 9.32. The first-order chi connectivity index (χ1) is 18.6. The van der Waals surface area contributed by atoms with Gasteiger partial charge in [-0.2, -0.15) is 23.7 Å². The fourth-order valence-electron chi connectivity index (χ4n) is 4.65. The van der Waals surface area contributed by atoms with Gasteiger partial charge in [0, 0.05) is 24.2 Å². The van der Waals surface area contributed by atoms with Crippen LogP contribution in [0.5, 0.6) is 0 Å². The maximum atomic E-state index is 12.7. The number of imidazole rings is 1. The van der Waals surface area contributed by atoms with Crippen LogP contribution in [0.1, 0.15) is 78.3 Å². The molecule has 1 fully saturated rings. The topological polar surface area (TPSA) is 146 Å². The molecule has 206 valence electrons. The van der Waals surface area contributed by atoms with E-state index in [-0.39, 0.29) is 17.4 Å². The van der Waals surface area contributed by atoms with Crippen molar-refractivity contribution in [2.75, 3.05) is 25.0 Å². The number of anilines is 1. The summed E-state index contributed by atoms with van der Waals surface area (Å²) < 4.78 is 31.7. The zero-order valence-corrected chi connectivity index (χ0v) is 21.2. The maximum Gasteiger partial charge on any atom is 0.490 e. The number of carbonyl (C=O) groups excluding carboxylic acids is 1. The third kappa shape index (κ3) is 8.42. The molecule has 1 saturated heterocycles. The number of halogens is 3. The molecule has 2 heterocycles. The Morgan fingerprint density at radius 3 is 2.49 bits per heavy atom. The first-order valence-electron chi connectivity index (χ1n) is 12.6. The first-order valence-corrected chi connectivity index (χ1v) is 12.6. The summed E-state index contributed by atoms with van der Waals surface area (Å²) >= 11 is 0. The van der Waals surface area contributed by atoms with Crippen LogP contribution in [-0.4, -0.2) is 57.7 Å². The standard InChI is InChI=1S/C25H28N6O.C2HF3O2/c26-11-4-12-31-13-9-18(10-14-31)20-7-8-23(22(15-20)19-5-2-1-3-6-19)30-25(32)24-28-17-21(16-27)29-24;3-2(4,5)1(6)7/h5,7-8,15,17-18H,1-4,6,9-10,12-14H2,(H,28,29)(H,30,32);(H,6,7). The zero-order valence-electron chi connectivity index (χ0n) is 21.2. The third-order valence-electron chi connectivity index (χ3n) is 6.68. The number of hydrogen-bond acceptors (Lipinski definition) is 6. The van der Waals surface area contributed by atoms with Crippen LogP contribution in [-0.2, 0) is 4.79 Å². The minimum Gasteiger partial charge on any atom is -0.475 e. The van der Waals surface area contributed by atoms with Crippen molar-refractivity contribution in [2.45, 2.75) is 57.0 Å². The van der Waals surface area contributed by atoms with Gasteiger partial charge in [0.2, 0.25) is 0 Å². The lowest BCUT2D eigenvalue weighted by atomic mass is 9.85. The van der Waals surface area contributed by atoms with Gasteiger partial charge in [-0.25, -0.2) is 9.78 Å². The Bertz CT molecular complexity index is 1280. The van der Waals surface area contributed by atoms with Crippen molar-refractivity contribution in [2.24, 2.45) is 0 Å². The fraction of sp³-hybridized carbons (Fsp3) is 0.444. The van der Waals surface area contributed by atoms with Crippen LogP contribution in [0.2, 0.25) is 0 Å². The Morgan fingerprint density at radius 1 is 1.21 bits per heavy atom. The number of carbonyl (C=O) groups is 2. The minimum atomic E-state index is -5.08. The van der Waals surface area contributed by atoms with E-state index in [1.54, 1.807) is 0 Å². The Hall–Kier alpha value is -4.16. The summed E-state index contributed by atoms with van der Waals surface area (Å²) in [6, 6.07) is 10.6. The summed E-state index contributed by atoms with van der Waals surface area (Å²) in [4.78, 5) is 30.7. The lowest BCUT2D eigenvalue weighted by Gasteiger charge is -2.32. The Labute approximate surface area is 223 Å². The van der Waals surface area contributed by atoms with Crippen LogP contribution in [0.25, 0.3) is 5.57 Å². The molecule has 0 radical (unpaired) electrons. The Balaban J connectivity index is 0.000000532. The van der Waals surface area contributed by atoms with Crippen molar-refractivity contribution < 1.29 is 27.9 Å². The molecule has 1 aromatic carbocycles. The number of aromatic amines is 1. The fourth-order valence-corrected chi connectivity index (χ4v) is 4.65. The Kier molecular flexibility index (Phi) is 10.2. The van der Waals surface area contributed by atoms with Gasteiger partial charge in [0.25, 0.3) is 5.91 Å². The lowest BCUT2D eigenvalue weighted by Crippen LogP contribution is -2.33. The molecule has 12 heteroatoms. The van der Waals surface area contributed by atoms with Gasteiger partial charge in [0.15, 0.2) is 5.82 Å². The van der Waals surface area contributed by atoms with E-state index >= 15 is 0 Å². The molecular formula is C27H29F3N6O3. The molecule has 0 spiro atoms. The molecule has 0 atom stereocenters. The van der Waals surface area contributed by atoms with Crippen LogP contribution in [0, 0.1) is 22.7 Å². The number of nitrogens with zero attached hydrogens (tertiary/aromatic N) is 4. The van der Waals surface area contributed by atoms with E-state index < -0.39 is 12.1 Å². The van der Waals surface area contributed by atoms with Gasteiger partial charge < -0.3 is 20.3 Å². The van der Waals surface area contributed by atoms with E-state index in [0.717, 1.165) is 63.0 Å². The highest BCUT2D eigenvalue weighted by Gasteiger charge is 2.38. The van der Waals surface area contributed by atoms with Crippen molar-refractivity contribution in [3.05, 3.63) is 53.1 Å². The first kappa shape index (κ1) is 29.4. The average molecular weight is 543 g/mol. The second kappa shape index (κ2) is 13.6. The quantitative estimate of drug-likeness (QED) is 0.454. The number of benzene rings is 1. The van der Waals surface area contributed by atoms with E-state index in [1.807, 2.05) is 12.1 Å². The average Bonchev–Trinajstić information content (AvgIpc) is 3.42. The normalized spacial score (nSPS) is 16.2. The van der Waals surface area contributed by atoms with Crippen molar-refractivity contribution in [3.63, 3.8) is 0 Å². The van der Waals surface area contributed by atoms with Gasteiger partial charge in [0.1, 0.15) is 11.8 Å². The number of hydrogen-bond donors (Lipinski definition) is 3. The predicted octanol–water partition coefficient (Wildman–Crippen LogP) is 5.22. The van der Waals surface area contributed by atoms with Crippen molar-refractivity contribution in [1.29, 1.82) is 10.5 Å². The highest BCUT2D eigenvalue weighted by Crippen LogP contribution is 2.36. The molecule has 4 rings (SSSR count). The number of nitriles is 2. The second-order valence-corrected chi connectivity index (χ2v) is 9.32. The number of carboxylic acid groups (broad SMARTS) is 1. The monoisotopic (exact) mass is 542 g/mol. The van der Waals surface area contributed by atoms with Crippen LogP contribution in [0.15, 0.2) is 30.5 Å². The van der Waals surface area contributed by atoms with E-state index in [0.29, 0.717) is 12.3 Å². The van der Waals surface area contributed by atoms with Gasteiger partial charge in [-0.05, 0) is 80.8 Å². The van der Waals surface area contributed by atoms with Crippen LogP contribution >= 0.6 is 0 Å². The number of aromatic nitrogens is 2. The van der Waals surface area contributed by atoms with Crippen LogP contribution < -0.4 is 5.32 Å². The van der Waals surface area contributed by atoms with Gasteiger partial charge in [0.05, 0.1) is 12.3 Å². The van der Waals surface area contributed by atoms with Crippen LogP contribution in [0.3, 0.4) is 0 Å². The molecular weight excluding hydrogens is 513 g/mol. The molecule has 1 amide bonds. The highest BCUT2D eigenvalue weighted by atomic mass is 19.4. The summed E-state index contributed by atoms with van der Waals surface area (Å²) in [6.45, 7) is 2.89. The molecule has 1 aliphatic carbocycles. The smallest absolute Gasteiger partial charge is 0.475 e. The summed E-state index contributed by atoms with van der Waals surface area (Å²) in [5.41, 5.74) is 4.75. The summed E-state index contributed by atoms with van der Waals surface area (Å²) in [5, 5.41) is 27.9. The number of rotatable bonds is 6.